The van der Waals surface area contributed by atoms with Crippen LogP contribution in [0.15, 0.2) is 12.3 Å². The summed E-state index contributed by atoms with van der Waals surface area (Å²) in [5, 5.41) is 8.24. The number of hydrogen-bond acceptors (Lipinski definition) is 5. The van der Waals surface area contributed by atoms with Crippen LogP contribution >= 0.6 is 0 Å². The molecule has 0 saturated carbocycles. The summed E-state index contributed by atoms with van der Waals surface area (Å²) in [7, 11) is 1.87. The standard InChI is InChI=1S/C11H14N6/c1-6-8-9(15-17(3)14-8)7-4-5-13-11(12)10(7)16(6)2/h4-6H,1-3H3,(H2,12,13)/i3D3. The van der Waals surface area contributed by atoms with E-state index in [0.29, 0.717) is 17.2 Å². The molecule has 2 aromatic rings. The average molecular weight is 233 g/mol. The number of aromatic nitrogens is 4. The van der Waals surface area contributed by atoms with Gasteiger partial charge in [0.25, 0.3) is 0 Å². The van der Waals surface area contributed by atoms with Crippen LogP contribution in [0.1, 0.15) is 22.8 Å². The second kappa shape index (κ2) is 3.19. The second-order valence-electron chi connectivity index (χ2n) is 4.10. The minimum Gasteiger partial charge on any atom is -0.382 e. The van der Waals surface area contributed by atoms with E-state index in [1.54, 1.807) is 12.3 Å². The van der Waals surface area contributed by atoms with Gasteiger partial charge in [0.15, 0.2) is 0 Å². The minimum atomic E-state index is -2.39. The largest absolute Gasteiger partial charge is 0.382 e. The first-order valence-corrected chi connectivity index (χ1v) is 5.26. The first kappa shape index (κ1) is 7.26. The molecule has 1 atom stereocenters. The highest BCUT2D eigenvalue weighted by Crippen LogP contribution is 2.43. The summed E-state index contributed by atoms with van der Waals surface area (Å²) in [6.07, 6.45) is 1.58. The van der Waals surface area contributed by atoms with Crippen molar-refractivity contribution in [2.24, 2.45) is 6.98 Å². The molecule has 3 rings (SSSR count). The predicted octanol–water partition coefficient (Wildman–Crippen LogP) is 0.970. The van der Waals surface area contributed by atoms with Gasteiger partial charge in [0.1, 0.15) is 17.2 Å². The number of pyridine rings is 1. The smallest absolute Gasteiger partial charge is 0.147 e. The molecule has 0 amide bonds. The number of aryl methyl sites for hydroxylation is 1. The van der Waals surface area contributed by atoms with Gasteiger partial charge in [-0.1, -0.05) is 0 Å². The lowest BCUT2D eigenvalue weighted by Gasteiger charge is -2.32. The number of rotatable bonds is 0. The maximum absolute atomic E-state index is 7.42. The van der Waals surface area contributed by atoms with Crippen LogP contribution < -0.4 is 10.6 Å². The number of fused-ring (bicyclic) bond motifs is 3. The fraction of sp³-hybridized carbons (Fsp3) is 0.364. The summed E-state index contributed by atoms with van der Waals surface area (Å²) in [6.45, 7) is -0.471. The third-order valence-electron chi connectivity index (χ3n) is 3.18. The highest BCUT2D eigenvalue weighted by atomic mass is 15.5. The van der Waals surface area contributed by atoms with Crippen molar-refractivity contribution in [1.29, 1.82) is 0 Å². The fourth-order valence-electron chi connectivity index (χ4n) is 2.20. The van der Waals surface area contributed by atoms with Gasteiger partial charge in [-0.3, -0.25) is 0 Å². The molecule has 6 heteroatoms. The molecule has 0 aliphatic carbocycles. The molecule has 3 heterocycles. The van der Waals surface area contributed by atoms with Gasteiger partial charge in [0, 0.05) is 29.9 Å². The molecule has 0 bridgehead atoms. The topological polar surface area (TPSA) is 72.9 Å². The molecule has 2 aromatic heterocycles. The third kappa shape index (κ3) is 1.23. The van der Waals surface area contributed by atoms with Crippen LogP contribution in [-0.2, 0) is 6.98 Å². The highest BCUT2D eigenvalue weighted by Gasteiger charge is 2.31. The van der Waals surface area contributed by atoms with Crippen molar-refractivity contribution < 1.29 is 4.11 Å². The van der Waals surface area contributed by atoms with Crippen LogP contribution in [0.2, 0.25) is 0 Å². The Hall–Kier alpha value is -2.11. The van der Waals surface area contributed by atoms with E-state index in [9.17, 15) is 0 Å². The van der Waals surface area contributed by atoms with Crippen LogP contribution in [0.5, 0.6) is 0 Å². The van der Waals surface area contributed by atoms with Gasteiger partial charge in [-0.2, -0.15) is 15.0 Å². The fourth-order valence-corrected chi connectivity index (χ4v) is 2.20. The average Bonchev–Trinajstić information content (AvgIpc) is 2.81. The monoisotopic (exact) mass is 233 g/mol. The molecule has 0 saturated heterocycles. The Kier molecular flexibility index (Phi) is 1.36. The lowest BCUT2D eigenvalue weighted by molar-refractivity contribution is 0.625. The Balaban J connectivity index is 2.28. The van der Waals surface area contributed by atoms with Gasteiger partial charge in [-0.15, -0.1) is 0 Å². The maximum Gasteiger partial charge on any atom is 0.147 e. The SMILES string of the molecule is [2H]C([2H])([2H])n1nc2c(n1)C(C)N(C)c1c-2ccnc1N. The minimum absolute atomic E-state index is 0.125. The van der Waals surface area contributed by atoms with Crippen LogP contribution in [0.3, 0.4) is 0 Å². The van der Waals surface area contributed by atoms with Crippen LogP contribution in [0.4, 0.5) is 11.5 Å². The van der Waals surface area contributed by atoms with Gasteiger partial charge >= 0.3 is 0 Å². The summed E-state index contributed by atoms with van der Waals surface area (Å²) in [4.78, 5) is 6.79. The molecule has 0 fully saturated rings. The summed E-state index contributed by atoms with van der Waals surface area (Å²) >= 11 is 0. The Labute approximate surface area is 103 Å². The quantitative estimate of drug-likeness (QED) is 0.734. The van der Waals surface area contributed by atoms with E-state index in [-0.39, 0.29) is 6.04 Å². The maximum atomic E-state index is 7.42. The molecule has 17 heavy (non-hydrogen) atoms. The zero-order valence-electron chi connectivity index (χ0n) is 12.5. The Morgan fingerprint density at radius 2 is 2.29 bits per heavy atom. The molecule has 1 unspecified atom stereocenters. The van der Waals surface area contributed by atoms with E-state index in [1.807, 2.05) is 18.9 Å². The van der Waals surface area contributed by atoms with E-state index >= 15 is 0 Å². The van der Waals surface area contributed by atoms with Crippen molar-refractivity contribution in [3.63, 3.8) is 0 Å². The molecule has 1 aliphatic heterocycles. The number of nitrogen functional groups attached to an aromatic ring is 1. The van der Waals surface area contributed by atoms with Crippen LogP contribution in [0.25, 0.3) is 11.3 Å². The van der Waals surface area contributed by atoms with Gasteiger partial charge in [0.2, 0.25) is 0 Å². The van der Waals surface area contributed by atoms with E-state index in [0.717, 1.165) is 16.0 Å². The molecule has 88 valence electrons. The summed E-state index contributed by atoms with van der Waals surface area (Å²) in [5.74, 6) is 0.394. The molecule has 0 radical (unpaired) electrons. The van der Waals surface area contributed by atoms with E-state index in [4.69, 9.17) is 9.85 Å². The predicted molar refractivity (Wildman–Crippen MR) is 65.5 cm³/mol. The summed E-state index contributed by atoms with van der Waals surface area (Å²) in [6, 6.07) is 1.64. The summed E-state index contributed by atoms with van der Waals surface area (Å²) < 4.78 is 22.2. The zero-order chi connectivity index (χ0) is 14.7. The zero-order valence-corrected chi connectivity index (χ0v) is 9.55. The molecule has 2 N–H and O–H groups in total. The van der Waals surface area contributed by atoms with Crippen molar-refractivity contribution >= 4 is 11.5 Å². The molecule has 0 spiro atoms. The van der Waals surface area contributed by atoms with Crippen molar-refractivity contribution in [1.82, 2.24) is 20.0 Å². The van der Waals surface area contributed by atoms with Gasteiger partial charge < -0.3 is 10.6 Å². The third-order valence-corrected chi connectivity index (χ3v) is 3.18. The Morgan fingerprint density at radius 3 is 3.06 bits per heavy atom. The van der Waals surface area contributed by atoms with E-state index < -0.39 is 6.98 Å². The van der Waals surface area contributed by atoms with Crippen LogP contribution in [-0.4, -0.2) is 27.0 Å². The normalized spacial score (nSPS) is 21.2. The number of nitrogens with zero attached hydrogens (tertiary/aromatic N) is 5. The number of nitrogens with two attached hydrogens (primary N) is 1. The Bertz CT molecular complexity index is 677. The summed E-state index contributed by atoms with van der Waals surface area (Å²) in [5.41, 5.74) is 8.61. The molecule has 1 aliphatic rings. The number of hydrogen-bond donors (Lipinski definition) is 1. The van der Waals surface area contributed by atoms with Crippen molar-refractivity contribution in [2.75, 3.05) is 17.7 Å². The van der Waals surface area contributed by atoms with Crippen molar-refractivity contribution in [2.45, 2.75) is 13.0 Å². The first-order valence-electron chi connectivity index (χ1n) is 6.76. The lowest BCUT2D eigenvalue weighted by Crippen LogP contribution is -2.27. The first-order chi connectivity index (χ1) is 9.30. The highest BCUT2D eigenvalue weighted by molar-refractivity contribution is 5.87. The molecule has 6 nitrogen and oxygen atoms in total. The van der Waals surface area contributed by atoms with E-state index in [2.05, 4.69) is 15.2 Å². The van der Waals surface area contributed by atoms with Gasteiger partial charge in [-0.25, -0.2) is 4.98 Å². The van der Waals surface area contributed by atoms with Gasteiger partial charge in [0.05, 0.1) is 11.7 Å². The second-order valence-corrected chi connectivity index (χ2v) is 4.10. The van der Waals surface area contributed by atoms with E-state index in [1.165, 1.54) is 0 Å². The molecule has 0 aromatic carbocycles. The van der Waals surface area contributed by atoms with Crippen molar-refractivity contribution in [3.05, 3.63) is 18.0 Å². The molecular formula is C11H14N6. The van der Waals surface area contributed by atoms with Crippen molar-refractivity contribution in [3.8, 4) is 11.3 Å². The van der Waals surface area contributed by atoms with Crippen LogP contribution in [0, 0.1) is 0 Å². The lowest BCUT2D eigenvalue weighted by atomic mass is 9.99. The Morgan fingerprint density at radius 1 is 1.47 bits per heavy atom. The van der Waals surface area contributed by atoms with Gasteiger partial charge in [-0.05, 0) is 13.0 Å². The molecular weight excluding hydrogens is 216 g/mol. The number of anilines is 2.